The highest BCUT2D eigenvalue weighted by Crippen LogP contribution is 2.45. The van der Waals surface area contributed by atoms with E-state index in [-0.39, 0.29) is 23.5 Å². The van der Waals surface area contributed by atoms with E-state index >= 15 is 0 Å². The Morgan fingerprint density at radius 1 is 1.27 bits per heavy atom. The largest absolute Gasteiger partial charge is 0.490 e. The minimum absolute atomic E-state index is 0.113. The van der Waals surface area contributed by atoms with Crippen molar-refractivity contribution in [3.05, 3.63) is 64.3 Å². The summed E-state index contributed by atoms with van der Waals surface area (Å²) >= 11 is 7.69. The molecule has 0 saturated carbocycles. The molecule has 0 fully saturated rings. The van der Waals surface area contributed by atoms with Gasteiger partial charge in [0, 0.05) is 10.6 Å². The van der Waals surface area contributed by atoms with Crippen LogP contribution < -0.4 is 20.5 Å². The minimum Gasteiger partial charge on any atom is -0.490 e. The number of halogens is 1. The van der Waals surface area contributed by atoms with E-state index < -0.39 is 5.91 Å². The van der Waals surface area contributed by atoms with Gasteiger partial charge in [-0.1, -0.05) is 23.7 Å². The van der Waals surface area contributed by atoms with Crippen LogP contribution in [0.25, 0.3) is 5.69 Å². The number of carbonyl (C=O) groups is 2. The summed E-state index contributed by atoms with van der Waals surface area (Å²) in [5.74, 6) is 1.14. The summed E-state index contributed by atoms with van der Waals surface area (Å²) in [5.41, 5.74) is 8.57. The zero-order valence-corrected chi connectivity index (χ0v) is 19.7. The van der Waals surface area contributed by atoms with E-state index in [1.165, 1.54) is 11.8 Å². The molecule has 4 rings (SSSR count). The Balaban J connectivity index is 1.79. The Labute approximate surface area is 200 Å². The van der Waals surface area contributed by atoms with Crippen LogP contribution in [0.2, 0.25) is 5.02 Å². The maximum absolute atomic E-state index is 12.6. The number of hydrogen-bond donors (Lipinski definition) is 2. The van der Waals surface area contributed by atoms with E-state index in [4.69, 9.17) is 31.9 Å². The standard InChI is InChI=1S/C23H23ClN4O4S/c1-3-31-18-9-14(7-8-17(18)32-11-19(25)29)22-21-13(2)27-28(16-6-4-5-15(24)10-16)23(21)26-20(30)12-33-22/h4-10,22H,3,11-12H2,1-2H3,(H2,25,29)(H,26,30)/t22-/m0/s1. The molecule has 0 spiro atoms. The SMILES string of the molecule is CCOc1cc([C@@H]2SCC(=O)Nc3c2c(C)nn3-c2cccc(Cl)c2)ccc1OCC(N)=O. The van der Waals surface area contributed by atoms with E-state index in [0.29, 0.717) is 28.9 Å². The molecule has 0 saturated heterocycles. The van der Waals surface area contributed by atoms with Crippen LogP contribution in [0.1, 0.15) is 29.0 Å². The predicted molar refractivity (Wildman–Crippen MR) is 129 cm³/mol. The molecule has 0 unspecified atom stereocenters. The highest BCUT2D eigenvalue weighted by Gasteiger charge is 2.31. The lowest BCUT2D eigenvalue weighted by Crippen LogP contribution is -2.20. The number of nitrogens with zero attached hydrogens (tertiary/aromatic N) is 2. The average molecular weight is 487 g/mol. The number of aromatic nitrogens is 2. The second-order valence-corrected chi connectivity index (χ2v) is 8.90. The first kappa shape index (κ1) is 23.0. The first-order chi connectivity index (χ1) is 15.9. The van der Waals surface area contributed by atoms with Gasteiger partial charge in [-0.15, -0.1) is 11.8 Å². The molecule has 3 aromatic rings. The van der Waals surface area contributed by atoms with Gasteiger partial charge in [0.2, 0.25) is 5.91 Å². The van der Waals surface area contributed by atoms with Crippen molar-refractivity contribution >= 4 is 41.0 Å². The van der Waals surface area contributed by atoms with Gasteiger partial charge in [-0.05, 0) is 49.7 Å². The fraction of sp³-hybridized carbons (Fsp3) is 0.261. The third-order valence-electron chi connectivity index (χ3n) is 5.00. The van der Waals surface area contributed by atoms with Gasteiger partial charge >= 0.3 is 0 Å². The molecule has 172 valence electrons. The lowest BCUT2D eigenvalue weighted by molar-refractivity contribution is -0.120. The number of fused-ring (bicyclic) bond motifs is 1. The number of thioether (sulfide) groups is 1. The second-order valence-electron chi connectivity index (χ2n) is 7.37. The van der Waals surface area contributed by atoms with Gasteiger partial charge in [0.05, 0.1) is 29.0 Å². The number of ether oxygens (including phenoxy) is 2. The third-order valence-corrected chi connectivity index (χ3v) is 6.51. The first-order valence-electron chi connectivity index (χ1n) is 10.3. The molecule has 0 radical (unpaired) electrons. The zero-order chi connectivity index (χ0) is 23.5. The smallest absolute Gasteiger partial charge is 0.255 e. The van der Waals surface area contributed by atoms with Gasteiger partial charge in [-0.3, -0.25) is 9.59 Å². The Bertz CT molecular complexity index is 1210. The van der Waals surface area contributed by atoms with Crippen LogP contribution in [0, 0.1) is 6.92 Å². The normalized spacial score (nSPS) is 15.4. The molecule has 0 bridgehead atoms. The molecule has 3 N–H and O–H groups in total. The van der Waals surface area contributed by atoms with Crippen molar-refractivity contribution in [3.8, 4) is 17.2 Å². The number of benzene rings is 2. The number of rotatable bonds is 7. The van der Waals surface area contributed by atoms with E-state index in [1.807, 2.05) is 38.1 Å². The third kappa shape index (κ3) is 4.94. The number of anilines is 1. The van der Waals surface area contributed by atoms with Gasteiger partial charge in [-0.2, -0.15) is 5.10 Å². The number of nitrogens with one attached hydrogen (secondary N) is 1. The summed E-state index contributed by atoms with van der Waals surface area (Å²) in [6, 6.07) is 12.8. The molecule has 33 heavy (non-hydrogen) atoms. The topological polar surface area (TPSA) is 108 Å². The second kappa shape index (κ2) is 9.76. The summed E-state index contributed by atoms with van der Waals surface area (Å²) in [6.07, 6.45) is 0. The van der Waals surface area contributed by atoms with Gasteiger partial charge in [0.15, 0.2) is 18.1 Å². The summed E-state index contributed by atoms with van der Waals surface area (Å²) in [5, 5.41) is 8.10. The van der Waals surface area contributed by atoms with Crippen molar-refractivity contribution in [3.63, 3.8) is 0 Å². The van der Waals surface area contributed by atoms with Crippen LogP contribution in [-0.4, -0.2) is 40.6 Å². The van der Waals surface area contributed by atoms with Crippen LogP contribution in [0.5, 0.6) is 11.5 Å². The number of amides is 2. The van der Waals surface area contributed by atoms with Gasteiger partial charge < -0.3 is 20.5 Å². The van der Waals surface area contributed by atoms with Crippen molar-refractivity contribution in [2.45, 2.75) is 19.1 Å². The quantitative estimate of drug-likeness (QED) is 0.524. The van der Waals surface area contributed by atoms with E-state index in [0.717, 1.165) is 22.5 Å². The van der Waals surface area contributed by atoms with E-state index in [1.54, 1.807) is 22.9 Å². The van der Waals surface area contributed by atoms with Gasteiger partial charge in [-0.25, -0.2) is 4.68 Å². The van der Waals surface area contributed by atoms with Crippen LogP contribution >= 0.6 is 23.4 Å². The molecule has 1 atom stereocenters. The van der Waals surface area contributed by atoms with Crippen LogP contribution in [0.15, 0.2) is 42.5 Å². The van der Waals surface area contributed by atoms with Crippen molar-refractivity contribution in [1.82, 2.24) is 9.78 Å². The number of hydrogen-bond acceptors (Lipinski definition) is 6. The highest BCUT2D eigenvalue weighted by molar-refractivity contribution is 8.00. The molecule has 2 aromatic carbocycles. The Hall–Kier alpha value is -3.17. The molecule has 1 aromatic heterocycles. The van der Waals surface area contributed by atoms with Crippen LogP contribution in [0.4, 0.5) is 5.82 Å². The predicted octanol–water partition coefficient (Wildman–Crippen LogP) is 3.87. The molecule has 2 amide bonds. The molecular formula is C23H23ClN4O4S. The molecule has 8 nitrogen and oxygen atoms in total. The lowest BCUT2D eigenvalue weighted by atomic mass is 10.0. The van der Waals surface area contributed by atoms with Crippen molar-refractivity contribution in [2.24, 2.45) is 5.73 Å². The fourth-order valence-electron chi connectivity index (χ4n) is 3.67. The van der Waals surface area contributed by atoms with Gasteiger partial charge in [0.1, 0.15) is 5.82 Å². The zero-order valence-electron chi connectivity index (χ0n) is 18.1. The highest BCUT2D eigenvalue weighted by atomic mass is 35.5. The Morgan fingerprint density at radius 2 is 2.09 bits per heavy atom. The summed E-state index contributed by atoms with van der Waals surface area (Å²) in [4.78, 5) is 23.7. The number of aryl methyl sites for hydroxylation is 1. The number of nitrogens with two attached hydrogens (primary N) is 1. The molecule has 1 aliphatic rings. The van der Waals surface area contributed by atoms with Crippen molar-refractivity contribution < 1.29 is 19.1 Å². The maximum atomic E-state index is 12.6. The maximum Gasteiger partial charge on any atom is 0.255 e. The molecule has 1 aliphatic heterocycles. The molecule has 10 heteroatoms. The molecule has 2 heterocycles. The van der Waals surface area contributed by atoms with E-state index in [2.05, 4.69) is 5.32 Å². The van der Waals surface area contributed by atoms with Crippen molar-refractivity contribution in [2.75, 3.05) is 24.3 Å². The van der Waals surface area contributed by atoms with Gasteiger partial charge in [0.25, 0.3) is 5.91 Å². The minimum atomic E-state index is -0.570. The summed E-state index contributed by atoms with van der Waals surface area (Å²) < 4.78 is 13.0. The monoisotopic (exact) mass is 486 g/mol. The number of primary amides is 1. The van der Waals surface area contributed by atoms with E-state index in [9.17, 15) is 9.59 Å². The van der Waals surface area contributed by atoms with Crippen LogP contribution in [-0.2, 0) is 9.59 Å². The number of carbonyl (C=O) groups excluding carboxylic acids is 2. The lowest BCUT2D eigenvalue weighted by Gasteiger charge is -2.18. The summed E-state index contributed by atoms with van der Waals surface area (Å²) in [7, 11) is 0. The Morgan fingerprint density at radius 3 is 2.82 bits per heavy atom. The average Bonchev–Trinajstić information content (AvgIpc) is 2.98. The van der Waals surface area contributed by atoms with Crippen LogP contribution in [0.3, 0.4) is 0 Å². The first-order valence-corrected chi connectivity index (χ1v) is 11.7. The van der Waals surface area contributed by atoms with Crippen molar-refractivity contribution in [1.29, 1.82) is 0 Å². The molecule has 0 aliphatic carbocycles. The molecular weight excluding hydrogens is 464 g/mol. The fourth-order valence-corrected chi connectivity index (χ4v) is 5.03. The summed E-state index contributed by atoms with van der Waals surface area (Å²) in [6.45, 7) is 3.96. The Kier molecular flexibility index (Phi) is 6.80.